The number of ether oxygens (including phenoxy) is 2. The molecule has 1 saturated carbocycles. The minimum absolute atomic E-state index is 0.129. The molecule has 0 aromatic rings. The van der Waals surface area contributed by atoms with E-state index in [1.54, 1.807) is 0 Å². The van der Waals surface area contributed by atoms with E-state index in [9.17, 15) is 4.79 Å². The Bertz CT molecular complexity index is 433. The van der Waals surface area contributed by atoms with E-state index in [1.165, 1.54) is 11.1 Å². The fourth-order valence-corrected chi connectivity index (χ4v) is 3.60. The predicted octanol–water partition coefficient (Wildman–Crippen LogP) is 2.82. The lowest BCUT2D eigenvalue weighted by Crippen LogP contribution is -2.11. The Labute approximate surface area is 108 Å². The number of hydrogen-bond acceptors (Lipinski definition) is 3. The molecular formula is C15H20O3. The summed E-state index contributed by atoms with van der Waals surface area (Å²) in [7, 11) is 0. The summed E-state index contributed by atoms with van der Waals surface area (Å²) in [6, 6.07) is 0. The summed E-state index contributed by atoms with van der Waals surface area (Å²) in [6.07, 6.45) is 4.42. The van der Waals surface area contributed by atoms with E-state index in [-0.39, 0.29) is 18.2 Å². The Morgan fingerprint density at radius 2 is 2.17 bits per heavy atom. The van der Waals surface area contributed by atoms with E-state index < -0.39 is 0 Å². The van der Waals surface area contributed by atoms with E-state index in [4.69, 9.17) is 9.47 Å². The predicted molar refractivity (Wildman–Crippen MR) is 67.7 cm³/mol. The quantitative estimate of drug-likeness (QED) is 0.529. The minimum Gasteiger partial charge on any atom is -0.435 e. The van der Waals surface area contributed by atoms with Crippen molar-refractivity contribution in [3.8, 4) is 0 Å². The van der Waals surface area contributed by atoms with Gasteiger partial charge in [-0.1, -0.05) is 25.5 Å². The molecule has 0 spiro atoms. The van der Waals surface area contributed by atoms with Gasteiger partial charge in [0.15, 0.2) is 0 Å². The average Bonchev–Trinajstić information content (AvgIpc) is 2.89. The Hall–Kier alpha value is -1.09. The van der Waals surface area contributed by atoms with Gasteiger partial charge in [-0.25, -0.2) is 0 Å². The Balaban J connectivity index is 1.94. The summed E-state index contributed by atoms with van der Waals surface area (Å²) in [5, 5.41) is 0. The second-order valence-corrected chi connectivity index (χ2v) is 6.42. The SMILES string of the molecule is C=C[C@H]1CC(C)(C)CC1=C1CO[C@H]2OC(=O)C[C@@H]12. The number of esters is 1. The van der Waals surface area contributed by atoms with Crippen LogP contribution >= 0.6 is 0 Å². The maximum atomic E-state index is 11.4. The van der Waals surface area contributed by atoms with Crippen molar-refractivity contribution < 1.29 is 14.3 Å². The molecular weight excluding hydrogens is 228 g/mol. The van der Waals surface area contributed by atoms with Crippen LogP contribution in [0.2, 0.25) is 0 Å². The number of carbonyl (C=O) groups excluding carboxylic acids is 1. The van der Waals surface area contributed by atoms with Crippen molar-refractivity contribution in [1.29, 1.82) is 0 Å². The van der Waals surface area contributed by atoms with Gasteiger partial charge in [0.2, 0.25) is 6.29 Å². The van der Waals surface area contributed by atoms with E-state index in [0.29, 0.717) is 24.4 Å². The first-order valence-corrected chi connectivity index (χ1v) is 6.65. The molecule has 2 aliphatic heterocycles. The van der Waals surface area contributed by atoms with Crippen molar-refractivity contribution >= 4 is 5.97 Å². The molecule has 0 bridgehead atoms. The zero-order valence-corrected chi connectivity index (χ0v) is 11.1. The van der Waals surface area contributed by atoms with Crippen LogP contribution in [0.4, 0.5) is 0 Å². The fourth-order valence-electron chi connectivity index (χ4n) is 3.60. The summed E-state index contributed by atoms with van der Waals surface area (Å²) in [5.74, 6) is 0.465. The maximum absolute atomic E-state index is 11.4. The highest BCUT2D eigenvalue weighted by Gasteiger charge is 2.46. The molecule has 3 nitrogen and oxygen atoms in total. The highest BCUT2D eigenvalue weighted by atomic mass is 16.7. The third-order valence-electron chi connectivity index (χ3n) is 4.40. The van der Waals surface area contributed by atoms with Gasteiger partial charge in [-0.3, -0.25) is 4.79 Å². The standard InChI is InChI=1S/C15H20O3/c1-4-9-6-15(2,3)7-11(9)12-8-17-14-10(12)5-13(16)18-14/h4,9-10,14H,1,5-8H2,2-3H3/t9-,10-,14-/m0/s1. The van der Waals surface area contributed by atoms with Gasteiger partial charge < -0.3 is 9.47 Å². The topological polar surface area (TPSA) is 35.5 Å². The summed E-state index contributed by atoms with van der Waals surface area (Å²) in [4.78, 5) is 11.4. The van der Waals surface area contributed by atoms with Crippen LogP contribution in [-0.4, -0.2) is 18.9 Å². The van der Waals surface area contributed by atoms with Crippen LogP contribution in [0, 0.1) is 17.3 Å². The number of allylic oxidation sites excluding steroid dienone is 2. The Morgan fingerprint density at radius 1 is 1.39 bits per heavy atom. The van der Waals surface area contributed by atoms with Gasteiger partial charge in [-0.2, -0.15) is 0 Å². The van der Waals surface area contributed by atoms with E-state index in [1.807, 2.05) is 6.08 Å². The van der Waals surface area contributed by atoms with Crippen molar-refractivity contribution in [3.63, 3.8) is 0 Å². The first-order chi connectivity index (χ1) is 8.50. The first kappa shape index (κ1) is 12.0. The van der Waals surface area contributed by atoms with Gasteiger partial charge in [-0.15, -0.1) is 6.58 Å². The summed E-state index contributed by atoms with van der Waals surface area (Å²) < 4.78 is 10.8. The lowest BCUT2D eigenvalue weighted by atomic mass is 9.88. The van der Waals surface area contributed by atoms with Crippen molar-refractivity contribution in [2.45, 2.75) is 39.4 Å². The highest BCUT2D eigenvalue weighted by Crippen LogP contribution is 2.50. The zero-order valence-electron chi connectivity index (χ0n) is 11.1. The van der Waals surface area contributed by atoms with Crippen molar-refractivity contribution in [2.24, 2.45) is 17.3 Å². The minimum atomic E-state index is -0.325. The van der Waals surface area contributed by atoms with Crippen LogP contribution in [0.1, 0.15) is 33.1 Å². The lowest BCUT2D eigenvalue weighted by Gasteiger charge is -2.15. The van der Waals surface area contributed by atoms with Gasteiger partial charge in [0.05, 0.1) is 18.9 Å². The summed E-state index contributed by atoms with van der Waals surface area (Å²) in [5.41, 5.74) is 3.07. The largest absolute Gasteiger partial charge is 0.435 e. The smallest absolute Gasteiger partial charge is 0.308 e. The number of hydrogen-bond donors (Lipinski definition) is 0. The van der Waals surface area contributed by atoms with Gasteiger partial charge in [0, 0.05) is 0 Å². The molecule has 0 unspecified atom stereocenters. The first-order valence-electron chi connectivity index (χ1n) is 6.65. The van der Waals surface area contributed by atoms with E-state index in [2.05, 4.69) is 20.4 Å². The highest BCUT2D eigenvalue weighted by molar-refractivity contribution is 5.73. The molecule has 2 heterocycles. The molecule has 2 saturated heterocycles. The molecule has 0 amide bonds. The van der Waals surface area contributed by atoms with E-state index >= 15 is 0 Å². The molecule has 3 heteroatoms. The van der Waals surface area contributed by atoms with Crippen LogP contribution in [-0.2, 0) is 14.3 Å². The molecule has 3 fully saturated rings. The molecule has 0 radical (unpaired) electrons. The van der Waals surface area contributed by atoms with Gasteiger partial charge in [-0.05, 0) is 29.7 Å². The van der Waals surface area contributed by atoms with Crippen molar-refractivity contribution in [2.75, 3.05) is 6.61 Å². The average molecular weight is 248 g/mol. The van der Waals surface area contributed by atoms with Gasteiger partial charge in [0.1, 0.15) is 0 Å². The van der Waals surface area contributed by atoms with Gasteiger partial charge >= 0.3 is 5.97 Å². The number of fused-ring (bicyclic) bond motifs is 1. The lowest BCUT2D eigenvalue weighted by molar-refractivity contribution is -0.158. The van der Waals surface area contributed by atoms with Crippen LogP contribution in [0.3, 0.4) is 0 Å². The van der Waals surface area contributed by atoms with E-state index in [0.717, 1.165) is 12.8 Å². The second-order valence-electron chi connectivity index (χ2n) is 6.42. The van der Waals surface area contributed by atoms with Crippen LogP contribution in [0.5, 0.6) is 0 Å². The van der Waals surface area contributed by atoms with Crippen LogP contribution < -0.4 is 0 Å². The fraction of sp³-hybridized carbons (Fsp3) is 0.667. The third kappa shape index (κ3) is 1.81. The molecule has 1 aliphatic carbocycles. The molecule has 3 rings (SSSR count). The van der Waals surface area contributed by atoms with Crippen LogP contribution in [0.15, 0.2) is 23.8 Å². The molecule has 3 atom stereocenters. The molecule has 0 aromatic carbocycles. The number of carbonyl (C=O) groups is 1. The molecule has 3 aliphatic rings. The Kier molecular flexibility index (Phi) is 2.63. The molecule has 98 valence electrons. The second kappa shape index (κ2) is 3.95. The van der Waals surface area contributed by atoms with Crippen molar-refractivity contribution in [3.05, 3.63) is 23.8 Å². The molecule has 18 heavy (non-hydrogen) atoms. The summed E-state index contributed by atoms with van der Waals surface area (Å²) in [6.45, 7) is 9.17. The Morgan fingerprint density at radius 3 is 2.89 bits per heavy atom. The summed E-state index contributed by atoms with van der Waals surface area (Å²) >= 11 is 0. The van der Waals surface area contributed by atoms with Crippen LogP contribution in [0.25, 0.3) is 0 Å². The third-order valence-corrected chi connectivity index (χ3v) is 4.40. The molecule has 0 aromatic heterocycles. The van der Waals surface area contributed by atoms with Crippen molar-refractivity contribution in [1.82, 2.24) is 0 Å². The molecule has 0 N–H and O–H groups in total. The number of rotatable bonds is 1. The maximum Gasteiger partial charge on any atom is 0.308 e. The zero-order chi connectivity index (χ0) is 12.9. The normalized spacial score (nSPS) is 41.9. The van der Waals surface area contributed by atoms with Gasteiger partial charge in [0.25, 0.3) is 0 Å². The monoisotopic (exact) mass is 248 g/mol.